The highest BCUT2D eigenvalue weighted by Crippen LogP contribution is 2.25. The molecule has 1 aromatic rings. The van der Waals surface area contributed by atoms with Crippen LogP contribution in [0.1, 0.15) is 10.4 Å². The first kappa shape index (κ1) is 13.1. The quantitative estimate of drug-likeness (QED) is 0.608. The number of ether oxygens (including phenoxy) is 2. The van der Waals surface area contributed by atoms with Crippen LogP contribution in [0.5, 0.6) is 5.75 Å². The molecular weight excluding hydrogens is 260 g/mol. The summed E-state index contributed by atoms with van der Waals surface area (Å²) >= 11 is 5.80. The van der Waals surface area contributed by atoms with Crippen molar-refractivity contribution in [3.05, 3.63) is 23.0 Å². The van der Waals surface area contributed by atoms with Gasteiger partial charge in [0.2, 0.25) is 0 Å². The lowest BCUT2D eigenvalue weighted by Gasteiger charge is -2.27. The maximum atomic E-state index is 12.0. The van der Waals surface area contributed by atoms with Crippen LogP contribution in [0.3, 0.4) is 0 Å². The number of carbonyl (C=O) groups is 1. The first-order valence-corrected chi connectivity index (χ1v) is 5.71. The third-order valence-electron chi connectivity index (χ3n) is 2.52. The number of pyridine rings is 1. The molecule has 0 atom stereocenters. The number of rotatable bonds is 4. The lowest BCUT2D eigenvalue weighted by Crippen LogP contribution is -2.39. The molecule has 7 heteroatoms. The second-order valence-electron chi connectivity index (χ2n) is 3.77. The van der Waals surface area contributed by atoms with Gasteiger partial charge in [-0.05, 0) is 0 Å². The van der Waals surface area contributed by atoms with E-state index in [-0.39, 0.29) is 17.2 Å². The number of hydrogen-bond donors (Lipinski definition) is 0. The minimum atomic E-state index is -0.350. The Kier molecular flexibility index (Phi) is 4.00. The summed E-state index contributed by atoms with van der Waals surface area (Å²) in [5, 5.41) is 1.36. The molecule has 1 saturated heterocycles. The average Bonchev–Trinajstić information content (AvgIpc) is 2.32. The molecule has 98 valence electrons. The maximum Gasteiger partial charge on any atom is 0.282 e. The van der Waals surface area contributed by atoms with Gasteiger partial charge in [0, 0.05) is 19.3 Å². The number of hydrogen-bond acceptors (Lipinski definition) is 5. The summed E-state index contributed by atoms with van der Waals surface area (Å²) in [5.74, 6) is 0.0362. The lowest BCUT2D eigenvalue weighted by molar-refractivity contribution is -0.0830. The normalized spacial score (nSPS) is 15.1. The van der Waals surface area contributed by atoms with Crippen molar-refractivity contribution < 1.29 is 19.1 Å². The van der Waals surface area contributed by atoms with Gasteiger partial charge in [0.25, 0.3) is 5.91 Å². The predicted molar refractivity (Wildman–Crippen MR) is 63.6 cm³/mol. The SMILES string of the molecule is CON(C)C(=O)c1cnc(Cl)cc1OC1COC1. The molecule has 1 aliphatic rings. The molecule has 1 amide bonds. The van der Waals surface area contributed by atoms with Gasteiger partial charge in [-0.15, -0.1) is 0 Å². The Balaban J connectivity index is 2.24. The summed E-state index contributed by atoms with van der Waals surface area (Å²) in [6.07, 6.45) is 1.32. The molecule has 18 heavy (non-hydrogen) atoms. The van der Waals surface area contributed by atoms with Gasteiger partial charge in [-0.1, -0.05) is 11.6 Å². The molecule has 0 spiro atoms. The van der Waals surface area contributed by atoms with E-state index in [0.717, 1.165) is 5.06 Å². The minimum absolute atomic E-state index is 0.0529. The first-order valence-electron chi connectivity index (χ1n) is 5.34. The Morgan fingerprint density at radius 3 is 2.89 bits per heavy atom. The Morgan fingerprint density at radius 1 is 1.61 bits per heavy atom. The molecule has 1 aromatic heterocycles. The Morgan fingerprint density at radius 2 is 2.33 bits per heavy atom. The molecule has 0 unspecified atom stereocenters. The lowest BCUT2D eigenvalue weighted by atomic mass is 10.2. The minimum Gasteiger partial charge on any atom is -0.485 e. The van der Waals surface area contributed by atoms with Crippen molar-refractivity contribution in [2.24, 2.45) is 0 Å². The predicted octanol–water partition coefficient (Wildman–Crippen LogP) is 1.15. The molecule has 0 radical (unpaired) electrons. The second-order valence-corrected chi connectivity index (χ2v) is 4.15. The fourth-order valence-electron chi connectivity index (χ4n) is 1.39. The summed E-state index contributed by atoms with van der Waals surface area (Å²) in [6, 6.07) is 1.51. The van der Waals surface area contributed by atoms with Gasteiger partial charge in [-0.25, -0.2) is 10.0 Å². The van der Waals surface area contributed by atoms with Crippen LogP contribution in [0.2, 0.25) is 5.15 Å². The van der Waals surface area contributed by atoms with Crippen molar-refractivity contribution in [3.63, 3.8) is 0 Å². The van der Waals surface area contributed by atoms with Crippen LogP contribution in [0.25, 0.3) is 0 Å². The summed E-state index contributed by atoms with van der Waals surface area (Å²) in [7, 11) is 2.91. The van der Waals surface area contributed by atoms with E-state index in [2.05, 4.69) is 4.98 Å². The molecule has 1 fully saturated rings. The van der Waals surface area contributed by atoms with E-state index in [0.29, 0.717) is 24.5 Å². The summed E-state index contributed by atoms with van der Waals surface area (Å²) in [4.78, 5) is 20.7. The fourth-order valence-corrected chi connectivity index (χ4v) is 1.53. The van der Waals surface area contributed by atoms with Crippen LogP contribution in [0.4, 0.5) is 0 Å². The number of amides is 1. The van der Waals surface area contributed by atoms with E-state index in [1.54, 1.807) is 0 Å². The average molecular weight is 273 g/mol. The van der Waals surface area contributed by atoms with Crippen LogP contribution < -0.4 is 4.74 Å². The maximum absolute atomic E-state index is 12.0. The van der Waals surface area contributed by atoms with Crippen LogP contribution in [-0.4, -0.2) is 49.4 Å². The van der Waals surface area contributed by atoms with Gasteiger partial charge in [-0.2, -0.15) is 0 Å². The van der Waals surface area contributed by atoms with Gasteiger partial charge < -0.3 is 9.47 Å². The highest BCUT2D eigenvalue weighted by atomic mass is 35.5. The van der Waals surface area contributed by atoms with Gasteiger partial charge in [0.15, 0.2) is 0 Å². The van der Waals surface area contributed by atoms with Crippen LogP contribution in [0.15, 0.2) is 12.3 Å². The summed E-state index contributed by atoms with van der Waals surface area (Å²) in [5.41, 5.74) is 0.302. The van der Waals surface area contributed by atoms with E-state index >= 15 is 0 Å². The number of hydroxylamine groups is 2. The van der Waals surface area contributed by atoms with E-state index in [1.165, 1.54) is 26.4 Å². The summed E-state index contributed by atoms with van der Waals surface area (Å²) in [6.45, 7) is 1.02. The monoisotopic (exact) mass is 272 g/mol. The van der Waals surface area contributed by atoms with Gasteiger partial charge >= 0.3 is 0 Å². The van der Waals surface area contributed by atoms with E-state index in [1.807, 2.05) is 0 Å². The third-order valence-corrected chi connectivity index (χ3v) is 2.73. The number of carbonyl (C=O) groups excluding carboxylic acids is 1. The molecule has 0 N–H and O–H groups in total. The largest absolute Gasteiger partial charge is 0.485 e. The van der Waals surface area contributed by atoms with Crippen molar-refractivity contribution in [2.75, 3.05) is 27.4 Å². The van der Waals surface area contributed by atoms with Crippen molar-refractivity contribution in [3.8, 4) is 5.75 Å². The number of halogens is 1. The molecule has 2 rings (SSSR count). The fraction of sp³-hybridized carbons (Fsp3) is 0.455. The van der Waals surface area contributed by atoms with Crippen LogP contribution >= 0.6 is 11.6 Å². The molecule has 0 aromatic carbocycles. The Hall–Kier alpha value is -1.37. The van der Waals surface area contributed by atoms with E-state index in [9.17, 15) is 4.79 Å². The molecule has 0 aliphatic carbocycles. The smallest absolute Gasteiger partial charge is 0.282 e. The Labute approximate surface area is 109 Å². The third kappa shape index (κ3) is 2.72. The van der Waals surface area contributed by atoms with Gasteiger partial charge in [-0.3, -0.25) is 9.63 Å². The highest BCUT2D eigenvalue weighted by molar-refractivity contribution is 6.29. The zero-order valence-corrected chi connectivity index (χ0v) is 10.8. The standard InChI is InChI=1S/C11H13ClN2O4/c1-14(16-2)11(15)8-4-13-10(12)3-9(8)18-7-5-17-6-7/h3-4,7H,5-6H2,1-2H3. The van der Waals surface area contributed by atoms with Crippen LogP contribution in [-0.2, 0) is 9.57 Å². The molecule has 6 nitrogen and oxygen atoms in total. The van der Waals surface area contributed by atoms with E-state index in [4.69, 9.17) is 25.9 Å². The topological polar surface area (TPSA) is 60.9 Å². The summed E-state index contributed by atoms with van der Waals surface area (Å²) < 4.78 is 10.6. The Bertz CT molecular complexity index is 451. The van der Waals surface area contributed by atoms with Crippen molar-refractivity contribution >= 4 is 17.5 Å². The van der Waals surface area contributed by atoms with E-state index < -0.39 is 0 Å². The first-order chi connectivity index (χ1) is 8.61. The number of nitrogens with zero attached hydrogens (tertiary/aromatic N) is 2. The second kappa shape index (κ2) is 5.51. The molecule has 2 heterocycles. The molecule has 1 aliphatic heterocycles. The number of aromatic nitrogens is 1. The molecular formula is C11H13ClN2O4. The zero-order valence-electron chi connectivity index (χ0n) is 10.1. The van der Waals surface area contributed by atoms with Crippen molar-refractivity contribution in [1.29, 1.82) is 0 Å². The molecule has 0 saturated carbocycles. The van der Waals surface area contributed by atoms with Gasteiger partial charge in [0.05, 0.1) is 20.3 Å². The van der Waals surface area contributed by atoms with Gasteiger partial charge in [0.1, 0.15) is 22.6 Å². The van der Waals surface area contributed by atoms with Crippen molar-refractivity contribution in [2.45, 2.75) is 6.10 Å². The molecule has 0 bridgehead atoms. The highest BCUT2D eigenvalue weighted by Gasteiger charge is 2.24. The van der Waals surface area contributed by atoms with Crippen molar-refractivity contribution in [1.82, 2.24) is 10.0 Å². The van der Waals surface area contributed by atoms with Crippen LogP contribution in [0, 0.1) is 0 Å². The zero-order chi connectivity index (χ0) is 13.1.